The van der Waals surface area contributed by atoms with Gasteiger partial charge < -0.3 is 10.6 Å². The number of aromatic nitrogens is 2. The minimum atomic E-state index is -0.205. The van der Waals surface area contributed by atoms with Crippen molar-refractivity contribution in [1.82, 2.24) is 15.3 Å². The monoisotopic (exact) mass is 412 g/mol. The van der Waals surface area contributed by atoms with Gasteiger partial charge in [0.25, 0.3) is 0 Å². The van der Waals surface area contributed by atoms with E-state index < -0.39 is 0 Å². The lowest BCUT2D eigenvalue weighted by Crippen LogP contribution is -2.38. The van der Waals surface area contributed by atoms with Crippen LogP contribution in [0.25, 0.3) is 0 Å². The Hall–Kier alpha value is -2.38. The number of aryl methyl sites for hydroxylation is 1. The molecule has 1 atom stereocenters. The fourth-order valence-corrected chi connectivity index (χ4v) is 4.57. The molecule has 0 fully saturated rings. The number of rotatable bonds is 5. The molecular weight excluding hydrogens is 388 g/mol. The molecule has 0 saturated carbocycles. The smallest absolute Gasteiger partial charge is 0.319 e. The molecule has 0 aliphatic carbocycles. The van der Waals surface area contributed by atoms with Gasteiger partial charge in [-0.1, -0.05) is 26.8 Å². The summed E-state index contributed by atoms with van der Waals surface area (Å²) in [5, 5.41) is 8.84. The predicted molar refractivity (Wildman–Crippen MR) is 116 cm³/mol. The SMILES string of the molecule is Cc1cc(Sc2ncccn2)ccc1NC(=O)NC(c1cccs1)C(C)(C)C. The highest BCUT2D eigenvalue weighted by atomic mass is 32.2. The Labute approximate surface area is 174 Å². The normalized spacial score (nSPS) is 12.4. The molecule has 0 saturated heterocycles. The van der Waals surface area contributed by atoms with Crippen molar-refractivity contribution in [3.05, 3.63) is 64.6 Å². The quantitative estimate of drug-likeness (QED) is 0.512. The first kappa shape index (κ1) is 20.4. The zero-order valence-corrected chi connectivity index (χ0v) is 18.0. The van der Waals surface area contributed by atoms with Crippen LogP contribution < -0.4 is 10.6 Å². The summed E-state index contributed by atoms with van der Waals surface area (Å²) in [6.45, 7) is 8.35. The molecule has 0 spiro atoms. The summed E-state index contributed by atoms with van der Waals surface area (Å²) in [6.07, 6.45) is 3.45. The van der Waals surface area contributed by atoms with E-state index in [9.17, 15) is 4.79 Å². The van der Waals surface area contributed by atoms with Gasteiger partial charge in [0.15, 0.2) is 5.16 Å². The van der Waals surface area contributed by atoms with Crippen LogP contribution in [-0.2, 0) is 0 Å². The van der Waals surface area contributed by atoms with Crippen molar-refractivity contribution in [3.8, 4) is 0 Å². The molecule has 0 aliphatic heterocycles. The second-order valence-electron chi connectivity index (χ2n) is 7.52. The van der Waals surface area contributed by atoms with Crippen LogP contribution in [-0.4, -0.2) is 16.0 Å². The summed E-state index contributed by atoms with van der Waals surface area (Å²) < 4.78 is 0. The van der Waals surface area contributed by atoms with E-state index >= 15 is 0 Å². The van der Waals surface area contributed by atoms with E-state index in [0.29, 0.717) is 5.16 Å². The van der Waals surface area contributed by atoms with Crippen molar-refractivity contribution in [1.29, 1.82) is 0 Å². The lowest BCUT2D eigenvalue weighted by atomic mass is 9.86. The van der Waals surface area contributed by atoms with E-state index in [1.165, 1.54) is 11.8 Å². The molecule has 2 aromatic heterocycles. The van der Waals surface area contributed by atoms with Crippen molar-refractivity contribution < 1.29 is 4.79 Å². The minimum absolute atomic E-state index is 0.0575. The van der Waals surface area contributed by atoms with Crippen molar-refractivity contribution >= 4 is 34.8 Å². The van der Waals surface area contributed by atoms with Crippen molar-refractivity contribution in [2.24, 2.45) is 5.41 Å². The molecule has 146 valence electrons. The third-order valence-electron chi connectivity index (χ3n) is 4.17. The number of carbonyl (C=O) groups is 1. The van der Waals surface area contributed by atoms with Crippen LogP contribution in [0.15, 0.2) is 64.2 Å². The lowest BCUT2D eigenvalue weighted by molar-refractivity contribution is 0.230. The number of benzene rings is 1. The van der Waals surface area contributed by atoms with Crippen LogP contribution in [0.5, 0.6) is 0 Å². The average Bonchev–Trinajstić information content (AvgIpc) is 3.16. The highest BCUT2D eigenvalue weighted by Crippen LogP contribution is 2.35. The Balaban J connectivity index is 1.68. The summed E-state index contributed by atoms with van der Waals surface area (Å²) in [6, 6.07) is 11.5. The number of hydrogen-bond donors (Lipinski definition) is 2. The summed E-state index contributed by atoms with van der Waals surface area (Å²) in [5.74, 6) is 0. The number of amides is 2. The van der Waals surface area contributed by atoms with E-state index in [4.69, 9.17) is 0 Å². The fourth-order valence-electron chi connectivity index (χ4n) is 2.74. The maximum Gasteiger partial charge on any atom is 0.319 e. The Bertz CT molecular complexity index is 921. The fraction of sp³-hybridized carbons (Fsp3) is 0.286. The van der Waals surface area contributed by atoms with Gasteiger partial charge in [-0.15, -0.1) is 11.3 Å². The molecule has 5 nitrogen and oxygen atoms in total. The standard InChI is InChI=1S/C21H24N4OS2/c1-14-13-15(28-20-22-10-6-11-23-20)8-9-16(14)24-19(26)25-18(21(2,3)4)17-7-5-12-27-17/h5-13,18H,1-4H3,(H2,24,25,26). The van der Waals surface area contributed by atoms with Crippen LogP contribution in [0.4, 0.5) is 10.5 Å². The van der Waals surface area contributed by atoms with Crippen LogP contribution in [0, 0.1) is 12.3 Å². The predicted octanol–water partition coefficient (Wildman–Crippen LogP) is 5.91. The van der Waals surface area contributed by atoms with Gasteiger partial charge in [0.05, 0.1) is 6.04 Å². The Morgan fingerprint density at radius 3 is 2.50 bits per heavy atom. The summed E-state index contributed by atoms with van der Waals surface area (Å²) in [7, 11) is 0. The van der Waals surface area contributed by atoms with Crippen molar-refractivity contribution in [2.45, 2.75) is 43.8 Å². The number of nitrogens with zero attached hydrogens (tertiary/aromatic N) is 2. The molecule has 0 aliphatic rings. The molecule has 1 unspecified atom stereocenters. The maximum absolute atomic E-state index is 12.7. The van der Waals surface area contributed by atoms with Gasteiger partial charge in [0.1, 0.15) is 0 Å². The zero-order valence-electron chi connectivity index (χ0n) is 16.4. The second-order valence-corrected chi connectivity index (χ2v) is 9.54. The van der Waals surface area contributed by atoms with Gasteiger partial charge in [0, 0.05) is 27.9 Å². The van der Waals surface area contributed by atoms with Crippen LogP contribution >= 0.6 is 23.1 Å². The molecule has 3 rings (SSSR count). The molecule has 0 bridgehead atoms. The molecular formula is C21H24N4OS2. The van der Waals surface area contributed by atoms with Crippen molar-refractivity contribution in [2.75, 3.05) is 5.32 Å². The average molecular weight is 413 g/mol. The highest BCUT2D eigenvalue weighted by Gasteiger charge is 2.28. The third kappa shape index (κ3) is 5.33. The van der Waals surface area contributed by atoms with Gasteiger partial charge in [-0.2, -0.15) is 0 Å². The van der Waals surface area contributed by atoms with E-state index in [2.05, 4.69) is 47.4 Å². The number of hydrogen-bond acceptors (Lipinski definition) is 5. The molecule has 3 aromatic rings. The number of nitrogens with one attached hydrogen (secondary N) is 2. The van der Waals surface area contributed by atoms with E-state index in [-0.39, 0.29) is 17.5 Å². The third-order valence-corrected chi connectivity index (χ3v) is 5.99. The molecule has 7 heteroatoms. The Morgan fingerprint density at radius 1 is 1.14 bits per heavy atom. The highest BCUT2D eigenvalue weighted by molar-refractivity contribution is 7.99. The van der Waals surface area contributed by atoms with E-state index in [0.717, 1.165) is 21.0 Å². The van der Waals surface area contributed by atoms with Crippen molar-refractivity contribution in [3.63, 3.8) is 0 Å². The van der Waals surface area contributed by atoms with E-state index in [1.807, 2.05) is 36.6 Å². The van der Waals surface area contributed by atoms with E-state index in [1.54, 1.807) is 29.8 Å². The second kappa shape index (κ2) is 8.75. The first-order chi connectivity index (χ1) is 13.3. The van der Waals surface area contributed by atoms with Gasteiger partial charge in [0.2, 0.25) is 0 Å². The Kier molecular flexibility index (Phi) is 6.36. The zero-order chi connectivity index (χ0) is 20.1. The number of urea groups is 1. The number of carbonyl (C=O) groups excluding carboxylic acids is 1. The Morgan fingerprint density at radius 2 is 1.89 bits per heavy atom. The van der Waals surface area contributed by atoms with Gasteiger partial charge in [-0.25, -0.2) is 14.8 Å². The summed E-state index contributed by atoms with van der Waals surface area (Å²) in [5.41, 5.74) is 1.68. The molecule has 1 aromatic carbocycles. The summed E-state index contributed by atoms with van der Waals surface area (Å²) in [4.78, 5) is 23.3. The first-order valence-corrected chi connectivity index (χ1v) is 10.7. The lowest BCUT2D eigenvalue weighted by Gasteiger charge is -2.30. The number of thiophene rings is 1. The molecule has 2 amide bonds. The van der Waals surface area contributed by atoms with Gasteiger partial charge >= 0.3 is 6.03 Å². The first-order valence-electron chi connectivity index (χ1n) is 8.99. The number of anilines is 1. The van der Waals surface area contributed by atoms with Gasteiger partial charge in [-0.3, -0.25) is 0 Å². The molecule has 28 heavy (non-hydrogen) atoms. The van der Waals surface area contributed by atoms with Gasteiger partial charge in [-0.05, 0) is 65.4 Å². The maximum atomic E-state index is 12.7. The largest absolute Gasteiger partial charge is 0.330 e. The molecule has 2 heterocycles. The molecule has 2 N–H and O–H groups in total. The minimum Gasteiger partial charge on any atom is -0.330 e. The van der Waals surface area contributed by atoms with Crippen LogP contribution in [0.3, 0.4) is 0 Å². The summed E-state index contributed by atoms with van der Waals surface area (Å²) >= 11 is 3.15. The molecule has 0 radical (unpaired) electrons. The van der Waals surface area contributed by atoms with Crippen LogP contribution in [0.2, 0.25) is 0 Å². The topological polar surface area (TPSA) is 66.9 Å². The van der Waals surface area contributed by atoms with Crippen LogP contribution in [0.1, 0.15) is 37.3 Å².